The molecule has 1 aromatic rings. The summed E-state index contributed by atoms with van der Waals surface area (Å²) in [5.41, 5.74) is 1.92. The highest BCUT2D eigenvalue weighted by molar-refractivity contribution is 5.90. The molecule has 160 valence electrons. The maximum atomic E-state index is 13.3. The molecule has 3 rings (SSSR count). The van der Waals surface area contributed by atoms with Crippen LogP contribution in [-0.2, 0) is 9.59 Å². The van der Waals surface area contributed by atoms with Gasteiger partial charge in [-0.15, -0.1) is 0 Å². The van der Waals surface area contributed by atoms with E-state index in [-0.39, 0.29) is 11.7 Å². The van der Waals surface area contributed by atoms with Crippen molar-refractivity contribution in [2.24, 2.45) is 5.92 Å². The maximum Gasteiger partial charge on any atom is 0.254 e. The number of benzene rings is 1. The van der Waals surface area contributed by atoms with E-state index >= 15 is 0 Å². The lowest BCUT2D eigenvalue weighted by atomic mass is 9.95. The molecular formula is C21H30FN3O4. The summed E-state index contributed by atoms with van der Waals surface area (Å²) in [4.78, 5) is 28.0. The highest BCUT2D eigenvalue weighted by Gasteiger charge is 2.34. The number of piperidine rings is 1. The molecule has 2 heterocycles. The molecule has 1 unspecified atom stereocenters. The molecule has 2 amide bonds. The van der Waals surface area contributed by atoms with Gasteiger partial charge in [-0.1, -0.05) is 0 Å². The van der Waals surface area contributed by atoms with Crippen LogP contribution in [0.25, 0.3) is 0 Å². The number of amides is 2. The standard InChI is InChI=1S/C21H30FN3O4/c1-14-12-16(22)4-5-17(14)24-10-6-15(7-11-24)13-23-20(28)18(26)19(27)21(29)25-8-2-3-9-25/h4-5,12,15,18-19,26-27H,2-3,6-11,13H2,1H3,(H,23,28)/t18?,19-/m1/s1. The van der Waals surface area contributed by atoms with E-state index in [1.807, 2.05) is 6.92 Å². The number of halogens is 1. The molecule has 29 heavy (non-hydrogen) atoms. The first-order valence-electron chi connectivity index (χ1n) is 10.3. The minimum atomic E-state index is -1.76. The Morgan fingerprint density at radius 1 is 1.14 bits per heavy atom. The summed E-state index contributed by atoms with van der Waals surface area (Å²) in [5, 5.41) is 22.7. The van der Waals surface area contributed by atoms with Gasteiger partial charge in [0.05, 0.1) is 0 Å². The third-order valence-electron chi connectivity index (χ3n) is 5.92. The van der Waals surface area contributed by atoms with E-state index in [0.717, 1.165) is 50.0 Å². The van der Waals surface area contributed by atoms with E-state index in [4.69, 9.17) is 0 Å². The number of nitrogens with zero attached hydrogens (tertiary/aromatic N) is 2. The fourth-order valence-electron chi connectivity index (χ4n) is 4.10. The summed E-state index contributed by atoms with van der Waals surface area (Å²) in [6.07, 6.45) is -0.0416. The highest BCUT2D eigenvalue weighted by atomic mass is 19.1. The minimum Gasteiger partial charge on any atom is -0.380 e. The van der Waals surface area contributed by atoms with Gasteiger partial charge in [-0.05, 0) is 62.3 Å². The topological polar surface area (TPSA) is 93.1 Å². The van der Waals surface area contributed by atoms with Crippen LogP contribution in [0.1, 0.15) is 31.2 Å². The number of aliphatic hydroxyl groups excluding tert-OH is 2. The van der Waals surface area contributed by atoms with E-state index in [0.29, 0.717) is 19.6 Å². The minimum absolute atomic E-state index is 0.243. The lowest BCUT2D eigenvalue weighted by molar-refractivity contribution is -0.152. The van der Waals surface area contributed by atoms with Gasteiger partial charge in [-0.25, -0.2) is 4.39 Å². The Hall–Kier alpha value is -2.19. The average molecular weight is 407 g/mol. The Morgan fingerprint density at radius 3 is 2.41 bits per heavy atom. The summed E-state index contributed by atoms with van der Waals surface area (Å²) < 4.78 is 13.3. The van der Waals surface area contributed by atoms with Crippen LogP contribution in [0.2, 0.25) is 0 Å². The Morgan fingerprint density at radius 2 is 1.79 bits per heavy atom. The van der Waals surface area contributed by atoms with Gasteiger partial charge in [0.2, 0.25) is 0 Å². The molecule has 0 aliphatic carbocycles. The zero-order valence-electron chi connectivity index (χ0n) is 16.8. The molecular weight excluding hydrogens is 377 g/mol. The molecule has 7 nitrogen and oxygen atoms in total. The van der Waals surface area contributed by atoms with Crippen molar-refractivity contribution in [1.82, 2.24) is 10.2 Å². The molecule has 0 spiro atoms. The van der Waals surface area contributed by atoms with Crippen LogP contribution in [-0.4, -0.2) is 71.9 Å². The Labute approximate surface area is 170 Å². The van der Waals surface area contributed by atoms with Gasteiger partial charge in [0.25, 0.3) is 11.8 Å². The number of hydrogen-bond donors (Lipinski definition) is 3. The molecule has 2 aliphatic heterocycles. The summed E-state index contributed by atoms with van der Waals surface area (Å²) in [7, 11) is 0. The van der Waals surface area contributed by atoms with E-state index in [2.05, 4.69) is 10.2 Å². The number of hydrogen-bond acceptors (Lipinski definition) is 5. The third-order valence-corrected chi connectivity index (χ3v) is 5.92. The van der Waals surface area contributed by atoms with Gasteiger partial charge in [0, 0.05) is 38.4 Å². The van der Waals surface area contributed by atoms with E-state index in [9.17, 15) is 24.2 Å². The third kappa shape index (κ3) is 5.25. The normalized spacial score (nSPS) is 19.9. The molecule has 2 fully saturated rings. The second kappa shape index (κ2) is 9.54. The van der Waals surface area contributed by atoms with Crippen LogP contribution in [0.5, 0.6) is 0 Å². The van der Waals surface area contributed by atoms with Crippen LogP contribution in [0.4, 0.5) is 10.1 Å². The summed E-state index contributed by atoms with van der Waals surface area (Å²) >= 11 is 0. The van der Waals surface area contributed by atoms with Crippen LogP contribution >= 0.6 is 0 Å². The number of aryl methyl sites for hydroxylation is 1. The first-order chi connectivity index (χ1) is 13.9. The second-order valence-corrected chi connectivity index (χ2v) is 8.03. The lowest BCUT2D eigenvalue weighted by Gasteiger charge is -2.34. The number of carbonyl (C=O) groups is 2. The summed E-state index contributed by atoms with van der Waals surface area (Å²) in [6, 6.07) is 4.78. The second-order valence-electron chi connectivity index (χ2n) is 8.03. The molecule has 8 heteroatoms. The van der Waals surface area contributed by atoms with Crippen molar-refractivity contribution < 1.29 is 24.2 Å². The fourth-order valence-corrected chi connectivity index (χ4v) is 4.10. The average Bonchev–Trinajstić information content (AvgIpc) is 3.26. The maximum absolute atomic E-state index is 13.3. The van der Waals surface area contributed by atoms with Crippen LogP contribution in [0.15, 0.2) is 18.2 Å². The van der Waals surface area contributed by atoms with Crippen molar-refractivity contribution in [1.29, 1.82) is 0 Å². The van der Waals surface area contributed by atoms with Crippen molar-refractivity contribution in [2.75, 3.05) is 37.6 Å². The predicted octanol–water partition coefficient (Wildman–Crippen LogP) is 0.811. The summed E-state index contributed by atoms with van der Waals surface area (Å²) in [5.74, 6) is -1.31. The quantitative estimate of drug-likeness (QED) is 0.649. The lowest BCUT2D eigenvalue weighted by Crippen LogP contribution is -2.51. The Kier molecular flexibility index (Phi) is 7.08. The molecule has 0 radical (unpaired) electrons. The van der Waals surface area contributed by atoms with Crippen molar-refractivity contribution in [2.45, 2.75) is 44.8 Å². The van der Waals surface area contributed by atoms with Gasteiger partial charge in [-0.2, -0.15) is 0 Å². The van der Waals surface area contributed by atoms with Gasteiger partial charge in [-0.3, -0.25) is 9.59 Å². The van der Waals surface area contributed by atoms with Crippen molar-refractivity contribution >= 4 is 17.5 Å². The van der Waals surface area contributed by atoms with Crippen LogP contribution in [0, 0.1) is 18.7 Å². The molecule has 0 bridgehead atoms. The summed E-state index contributed by atoms with van der Waals surface area (Å²) in [6.45, 7) is 4.97. The highest BCUT2D eigenvalue weighted by Crippen LogP contribution is 2.26. The van der Waals surface area contributed by atoms with Crippen molar-refractivity contribution in [3.05, 3.63) is 29.6 Å². The zero-order valence-corrected chi connectivity index (χ0v) is 16.8. The first kappa shape index (κ1) is 21.5. The SMILES string of the molecule is Cc1cc(F)ccc1N1CCC(CNC(=O)C(O)[C@@H](O)C(=O)N2CCCC2)CC1. The van der Waals surface area contributed by atoms with Crippen molar-refractivity contribution in [3.63, 3.8) is 0 Å². The number of likely N-dealkylation sites (tertiary alicyclic amines) is 1. The number of anilines is 1. The Bertz CT molecular complexity index is 731. The molecule has 0 aromatic heterocycles. The first-order valence-corrected chi connectivity index (χ1v) is 10.3. The van der Waals surface area contributed by atoms with Gasteiger partial charge in [0.1, 0.15) is 5.82 Å². The molecule has 2 atom stereocenters. The van der Waals surface area contributed by atoms with Crippen LogP contribution in [0.3, 0.4) is 0 Å². The molecule has 2 saturated heterocycles. The van der Waals surface area contributed by atoms with Crippen LogP contribution < -0.4 is 10.2 Å². The van der Waals surface area contributed by atoms with E-state index in [1.54, 1.807) is 6.07 Å². The molecule has 3 N–H and O–H groups in total. The van der Waals surface area contributed by atoms with Gasteiger partial charge in [0.15, 0.2) is 12.2 Å². The number of carbonyl (C=O) groups excluding carboxylic acids is 2. The largest absolute Gasteiger partial charge is 0.380 e. The van der Waals surface area contributed by atoms with E-state index < -0.39 is 24.0 Å². The monoisotopic (exact) mass is 407 g/mol. The number of rotatable bonds is 6. The molecule has 0 saturated carbocycles. The predicted molar refractivity (Wildman–Crippen MR) is 107 cm³/mol. The zero-order chi connectivity index (χ0) is 21.0. The van der Waals surface area contributed by atoms with Gasteiger partial charge >= 0.3 is 0 Å². The molecule has 1 aromatic carbocycles. The number of aliphatic hydroxyl groups is 2. The van der Waals surface area contributed by atoms with Crippen molar-refractivity contribution in [3.8, 4) is 0 Å². The van der Waals surface area contributed by atoms with Gasteiger partial charge < -0.3 is 25.3 Å². The smallest absolute Gasteiger partial charge is 0.254 e. The molecule has 2 aliphatic rings. The number of nitrogens with one attached hydrogen (secondary N) is 1. The van der Waals surface area contributed by atoms with E-state index in [1.165, 1.54) is 17.0 Å². The fraction of sp³-hybridized carbons (Fsp3) is 0.619. The Balaban J connectivity index is 1.43.